The van der Waals surface area contributed by atoms with Crippen LogP contribution in [0.3, 0.4) is 0 Å². The molecule has 1 aliphatic heterocycles. The number of hydrogen-bond acceptors (Lipinski definition) is 4. The van der Waals surface area contributed by atoms with E-state index < -0.39 is 5.60 Å². The van der Waals surface area contributed by atoms with E-state index in [-0.39, 0.29) is 18.2 Å². The van der Waals surface area contributed by atoms with E-state index in [9.17, 15) is 4.79 Å². The Morgan fingerprint density at radius 2 is 1.90 bits per heavy atom. The summed E-state index contributed by atoms with van der Waals surface area (Å²) in [5.74, 6) is 0. The van der Waals surface area contributed by atoms with Crippen LogP contribution in [0, 0.1) is 0 Å². The van der Waals surface area contributed by atoms with Gasteiger partial charge in [0.25, 0.3) is 0 Å². The molecule has 1 amide bonds. The van der Waals surface area contributed by atoms with Crippen LogP contribution >= 0.6 is 0 Å². The van der Waals surface area contributed by atoms with Crippen molar-refractivity contribution in [2.75, 3.05) is 12.3 Å². The first-order valence-electron chi connectivity index (χ1n) is 6.88. The largest absolute Gasteiger partial charge is 0.444 e. The van der Waals surface area contributed by atoms with E-state index in [4.69, 9.17) is 16.2 Å². The minimum Gasteiger partial charge on any atom is -0.444 e. The molecule has 20 heavy (non-hydrogen) atoms. The van der Waals surface area contributed by atoms with E-state index in [1.165, 1.54) is 0 Å². The third-order valence-electron chi connectivity index (χ3n) is 3.35. The van der Waals surface area contributed by atoms with Crippen molar-refractivity contribution in [3.05, 3.63) is 29.8 Å². The molecule has 0 spiro atoms. The number of anilines is 1. The van der Waals surface area contributed by atoms with Gasteiger partial charge in [0.15, 0.2) is 0 Å². The number of amides is 1. The summed E-state index contributed by atoms with van der Waals surface area (Å²) in [5.41, 5.74) is 13.1. The van der Waals surface area contributed by atoms with Crippen molar-refractivity contribution in [1.82, 2.24) is 4.90 Å². The van der Waals surface area contributed by atoms with E-state index in [2.05, 4.69) is 0 Å². The maximum absolute atomic E-state index is 12.3. The van der Waals surface area contributed by atoms with Gasteiger partial charge >= 0.3 is 6.09 Å². The van der Waals surface area contributed by atoms with Gasteiger partial charge in [0.1, 0.15) is 5.60 Å². The lowest BCUT2D eigenvalue weighted by atomic mass is 10.0. The van der Waals surface area contributed by atoms with Gasteiger partial charge in [0, 0.05) is 18.3 Å². The van der Waals surface area contributed by atoms with Gasteiger partial charge in [-0.2, -0.15) is 0 Å². The number of likely N-dealkylation sites (tertiary alicyclic amines) is 1. The fourth-order valence-electron chi connectivity index (χ4n) is 2.46. The number of ether oxygens (including phenoxy) is 1. The van der Waals surface area contributed by atoms with E-state index in [1.807, 2.05) is 45.0 Å². The molecule has 5 nitrogen and oxygen atoms in total. The minimum atomic E-state index is -0.505. The smallest absolute Gasteiger partial charge is 0.410 e. The molecule has 1 aliphatic rings. The first-order valence-corrected chi connectivity index (χ1v) is 6.88. The molecule has 1 aromatic carbocycles. The van der Waals surface area contributed by atoms with Crippen LogP contribution < -0.4 is 11.5 Å². The van der Waals surface area contributed by atoms with Crippen molar-refractivity contribution in [2.45, 2.75) is 44.9 Å². The topological polar surface area (TPSA) is 81.6 Å². The Morgan fingerprint density at radius 3 is 2.45 bits per heavy atom. The van der Waals surface area contributed by atoms with Gasteiger partial charge in [-0.15, -0.1) is 0 Å². The Morgan fingerprint density at radius 1 is 1.30 bits per heavy atom. The standard InChI is InChI=1S/C15H23N3O2/c1-15(2,3)20-14(19)18-9-8-12(17)13(18)10-4-6-11(16)7-5-10/h4-7,12-13H,8-9,16-17H2,1-3H3. The second kappa shape index (κ2) is 5.32. The zero-order chi connectivity index (χ0) is 14.9. The average molecular weight is 277 g/mol. The van der Waals surface area contributed by atoms with Crippen LogP contribution in [0.1, 0.15) is 38.8 Å². The predicted molar refractivity (Wildman–Crippen MR) is 79.1 cm³/mol. The number of nitrogen functional groups attached to an aromatic ring is 1. The second-order valence-electron chi connectivity index (χ2n) is 6.24. The van der Waals surface area contributed by atoms with Crippen molar-refractivity contribution < 1.29 is 9.53 Å². The minimum absolute atomic E-state index is 0.0776. The van der Waals surface area contributed by atoms with E-state index in [0.29, 0.717) is 12.2 Å². The van der Waals surface area contributed by atoms with Crippen LogP contribution in [0.2, 0.25) is 0 Å². The van der Waals surface area contributed by atoms with Crippen LogP contribution in [-0.4, -0.2) is 29.2 Å². The quantitative estimate of drug-likeness (QED) is 0.772. The summed E-state index contributed by atoms with van der Waals surface area (Å²) in [6, 6.07) is 7.27. The van der Waals surface area contributed by atoms with Crippen LogP contribution in [-0.2, 0) is 4.74 Å². The molecule has 0 aromatic heterocycles. The third kappa shape index (κ3) is 3.22. The molecule has 2 rings (SSSR count). The van der Waals surface area contributed by atoms with Gasteiger partial charge in [0.05, 0.1) is 6.04 Å². The first kappa shape index (κ1) is 14.7. The number of benzene rings is 1. The Hall–Kier alpha value is -1.75. The maximum Gasteiger partial charge on any atom is 0.410 e. The van der Waals surface area contributed by atoms with E-state index >= 15 is 0 Å². The lowest BCUT2D eigenvalue weighted by molar-refractivity contribution is 0.0218. The van der Waals surface area contributed by atoms with Gasteiger partial charge in [-0.25, -0.2) is 4.79 Å². The summed E-state index contributed by atoms with van der Waals surface area (Å²) in [4.78, 5) is 14.0. The molecule has 110 valence electrons. The molecule has 4 N–H and O–H groups in total. The van der Waals surface area contributed by atoms with Gasteiger partial charge in [0.2, 0.25) is 0 Å². The average Bonchev–Trinajstić information content (AvgIpc) is 2.70. The predicted octanol–water partition coefficient (Wildman–Crippen LogP) is 2.28. The zero-order valence-electron chi connectivity index (χ0n) is 12.3. The highest BCUT2D eigenvalue weighted by atomic mass is 16.6. The lowest BCUT2D eigenvalue weighted by Crippen LogP contribution is -2.39. The van der Waals surface area contributed by atoms with Crippen molar-refractivity contribution in [3.63, 3.8) is 0 Å². The summed E-state index contributed by atoms with van der Waals surface area (Å²) in [5, 5.41) is 0. The summed E-state index contributed by atoms with van der Waals surface area (Å²) < 4.78 is 5.45. The second-order valence-corrected chi connectivity index (χ2v) is 6.24. The van der Waals surface area contributed by atoms with Gasteiger partial charge in [-0.3, -0.25) is 4.90 Å². The fraction of sp³-hybridized carbons (Fsp3) is 0.533. The summed E-state index contributed by atoms with van der Waals surface area (Å²) in [6.45, 7) is 6.20. The molecule has 5 heteroatoms. The van der Waals surface area contributed by atoms with Crippen molar-refractivity contribution in [2.24, 2.45) is 5.73 Å². The highest BCUT2D eigenvalue weighted by Crippen LogP contribution is 2.32. The molecule has 0 radical (unpaired) electrons. The first-order chi connectivity index (χ1) is 9.28. The molecular weight excluding hydrogens is 254 g/mol. The monoisotopic (exact) mass is 277 g/mol. The third-order valence-corrected chi connectivity index (χ3v) is 3.35. The summed E-state index contributed by atoms with van der Waals surface area (Å²) in [7, 11) is 0. The molecule has 0 saturated carbocycles. The maximum atomic E-state index is 12.3. The molecular formula is C15H23N3O2. The summed E-state index contributed by atoms with van der Waals surface area (Å²) in [6.07, 6.45) is 0.459. The van der Waals surface area contributed by atoms with Gasteiger partial charge in [-0.05, 0) is 44.9 Å². The SMILES string of the molecule is CC(C)(C)OC(=O)N1CCC(N)C1c1ccc(N)cc1. The molecule has 0 aliphatic carbocycles. The summed E-state index contributed by atoms with van der Waals surface area (Å²) >= 11 is 0. The normalized spacial score (nSPS) is 22.9. The van der Waals surface area contributed by atoms with Gasteiger partial charge < -0.3 is 16.2 Å². The van der Waals surface area contributed by atoms with Crippen LogP contribution in [0.5, 0.6) is 0 Å². The van der Waals surface area contributed by atoms with Crippen molar-refractivity contribution in [3.8, 4) is 0 Å². The molecule has 1 saturated heterocycles. The van der Waals surface area contributed by atoms with Crippen LogP contribution in [0.15, 0.2) is 24.3 Å². The van der Waals surface area contributed by atoms with Crippen LogP contribution in [0.4, 0.5) is 10.5 Å². The zero-order valence-corrected chi connectivity index (χ0v) is 12.3. The van der Waals surface area contributed by atoms with Crippen LogP contribution in [0.25, 0.3) is 0 Å². The highest BCUT2D eigenvalue weighted by molar-refractivity contribution is 5.69. The molecule has 0 bridgehead atoms. The highest BCUT2D eigenvalue weighted by Gasteiger charge is 2.38. The number of carbonyl (C=O) groups is 1. The number of rotatable bonds is 1. The Labute approximate surface area is 119 Å². The molecule has 2 unspecified atom stereocenters. The fourth-order valence-corrected chi connectivity index (χ4v) is 2.46. The number of hydrogen-bond donors (Lipinski definition) is 2. The number of nitrogens with two attached hydrogens (primary N) is 2. The van der Waals surface area contributed by atoms with E-state index in [0.717, 1.165) is 12.0 Å². The lowest BCUT2D eigenvalue weighted by Gasteiger charge is -2.30. The number of carbonyl (C=O) groups excluding carboxylic acids is 1. The molecule has 1 fully saturated rings. The van der Waals surface area contributed by atoms with Crippen molar-refractivity contribution in [1.29, 1.82) is 0 Å². The molecule has 1 aromatic rings. The Kier molecular flexibility index (Phi) is 3.90. The molecule has 2 atom stereocenters. The molecule has 1 heterocycles. The van der Waals surface area contributed by atoms with Gasteiger partial charge in [-0.1, -0.05) is 12.1 Å². The Balaban J connectivity index is 2.20. The number of nitrogens with zero attached hydrogens (tertiary/aromatic N) is 1. The van der Waals surface area contributed by atoms with E-state index in [1.54, 1.807) is 4.90 Å². The van der Waals surface area contributed by atoms with Crippen molar-refractivity contribution >= 4 is 11.8 Å². The Bertz CT molecular complexity index is 479.